The molecule has 4 nitrogen and oxygen atoms in total. The smallest absolute Gasteiger partial charge is 0.291 e. The van der Waals surface area contributed by atoms with Gasteiger partial charge in [0, 0.05) is 17.5 Å². The monoisotopic (exact) mass is 330 g/mol. The van der Waals surface area contributed by atoms with E-state index < -0.39 is 0 Å². The van der Waals surface area contributed by atoms with E-state index in [0.29, 0.717) is 18.1 Å². The van der Waals surface area contributed by atoms with Crippen LogP contribution in [0.4, 0.5) is 0 Å². The zero-order chi connectivity index (χ0) is 17.8. The van der Waals surface area contributed by atoms with E-state index in [1.807, 2.05) is 12.2 Å². The van der Waals surface area contributed by atoms with Gasteiger partial charge in [0.05, 0.1) is 6.61 Å². The van der Waals surface area contributed by atoms with Gasteiger partial charge < -0.3 is 15.5 Å². The molecular weight excluding hydrogens is 300 g/mol. The fraction of sp³-hybridized carbons (Fsp3) is 0.500. The predicted octanol–water partition coefficient (Wildman–Crippen LogP) is 4.66. The zero-order valence-corrected chi connectivity index (χ0v) is 14.9. The van der Waals surface area contributed by atoms with Gasteiger partial charge in [-0.25, -0.2) is 0 Å². The average Bonchev–Trinajstić information content (AvgIpc) is 2.58. The van der Waals surface area contributed by atoms with E-state index in [0.717, 1.165) is 50.4 Å². The van der Waals surface area contributed by atoms with Gasteiger partial charge in [-0.15, -0.1) is 6.58 Å². The number of allylic oxidation sites excluding steroid dienone is 5. The Labute approximate surface area is 145 Å². The van der Waals surface area contributed by atoms with Crippen LogP contribution in [-0.4, -0.2) is 18.7 Å². The second kappa shape index (κ2) is 11.4. The van der Waals surface area contributed by atoms with Gasteiger partial charge in [-0.1, -0.05) is 31.6 Å². The van der Waals surface area contributed by atoms with Crippen LogP contribution in [-0.2, 0) is 9.53 Å². The Kier molecular flexibility index (Phi) is 9.51. The highest BCUT2D eigenvalue weighted by Gasteiger charge is 2.16. The Morgan fingerprint density at radius 2 is 2.29 bits per heavy atom. The maximum Gasteiger partial charge on any atom is 0.291 e. The van der Waals surface area contributed by atoms with Gasteiger partial charge in [0.2, 0.25) is 0 Å². The number of amides is 1. The molecule has 0 saturated carbocycles. The van der Waals surface area contributed by atoms with Crippen LogP contribution in [0.3, 0.4) is 0 Å². The van der Waals surface area contributed by atoms with Crippen molar-refractivity contribution in [3.8, 4) is 0 Å². The Bertz CT molecular complexity index is 530. The van der Waals surface area contributed by atoms with E-state index in [4.69, 9.17) is 10.1 Å². The molecule has 0 bridgehead atoms. The lowest BCUT2D eigenvalue weighted by Gasteiger charge is -2.18. The summed E-state index contributed by atoms with van der Waals surface area (Å²) < 4.78 is 5.65. The molecule has 0 radical (unpaired) electrons. The van der Waals surface area contributed by atoms with Crippen LogP contribution in [0.1, 0.15) is 52.4 Å². The fourth-order valence-corrected chi connectivity index (χ4v) is 2.58. The first kappa shape index (κ1) is 19.9. The van der Waals surface area contributed by atoms with Crippen LogP contribution >= 0.6 is 0 Å². The molecule has 1 aliphatic rings. The highest BCUT2D eigenvalue weighted by Crippen LogP contribution is 2.20. The summed E-state index contributed by atoms with van der Waals surface area (Å²) in [5, 5.41) is 10.3. The van der Waals surface area contributed by atoms with Crippen molar-refractivity contribution >= 4 is 12.1 Å². The molecule has 0 aromatic heterocycles. The molecule has 24 heavy (non-hydrogen) atoms. The number of rotatable bonds is 11. The van der Waals surface area contributed by atoms with E-state index in [9.17, 15) is 4.79 Å². The lowest BCUT2D eigenvalue weighted by atomic mass is 9.95. The van der Waals surface area contributed by atoms with Crippen LogP contribution in [0, 0.1) is 11.3 Å². The molecule has 0 aromatic carbocycles. The summed E-state index contributed by atoms with van der Waals surface area (Å²) in [7, 11) is 0. The van der Waals surface area contributed by atoms with Gasteiger partial charge in [0.15, 0.2) is 5.76 Å². The molecule has 132 valence electrons. The third kappa shape index (κ3) is 6.99. The lowest BCUT2D eigenvalue weighted by molar-refractivity contribution is -0.120. The minimum atomic E-state index is -0.284. The van der Waals surface area contributed by atoms with Gasteiger partial charge >= 0.3 is 0 Å². The molecule has 0 fully saturated rings. The van der Waals surface area contributed by atoms with Gasteiger partial charge in [0.25, 0.3) is 5.91 Å². The topological polar surface area (TPSA) is 62.2 Å². The van der Waals surface area contributed by atoms with Gasteiger partial charge in [-0.2, -0.15) is 0 Å². The molecule has 0 heterocycles. The van der Waals surface area contributed by atoms with Crippen LogP contribution in [0.15, 0.2) is 47.9 Å². The van der Waals surface area contributed by atoms with Crippen molar-refractivity contribution in [2.45, 2.75) is 52.4 Å². The highest BCUT2D eigenvalue weighted by atomic mass is 16.5. The molecule has 1 atom stereocenters. The first-order valence-corrected chi connectivity index (χ1v) is 8.77. The second-order valence-electron chi connectivity index (χ2n) is 6.05. The number of ether oxygens (including phenoxy) is 1. The van der Waals surface area contributed by atoms with Crippen molar-refractivity contribution < 1.29 is 9.53 Å². The summed E-state index contributed by atoms with van der Waals surface area (Å²) in [5.41, 5.74) is 1.34. The molecule has 0 aliphatic heterocycles. The third-order valence-electron chi connectivity index (χ3n) is 3.90. The van der Waals surface area contributed by atoms with Crippen LogP contribution in [0.5, 0.6) is 0 Å². The Morgan fingerprint density at radius 1 is 1.50 bits per heavy atom. The molecule has 1 aliphatic carbocycles. The van der Waals surface area contributed by atoms with E-state index in [1.165, 1.54) is 0 Å². The van der Waals surface area contributed by atoms with Crippen molar-refractivity contribution in [2.75, 3.05) is 6.61 Å². The van der Waals surface area contributed by atoms with Crippen LogP contribution < -0.4 is 5.32 Å². The SMILES string of the molecule is C=CCCCCO/C(C(=O)NC1=CC(CCC)CC=C1)=C(\C)C=N. The fourth-order valence-electron chi connectivity index (χ4n) is 2.58. The summed E-state index contributed by atoms with van der Waals surface area (Å²) in [6.07, 6.45) is 15.2. The summed E-state index contributed by atoms with van der Waals surface area (Å²) >= 11 is 0. The van der Waals surface area contributed by atoms with Gasteiger partial charge in [-0.05, 0) is 51.0 Å². The summed E-state index contributed by atoms with van der Waals surface area (Å²) in [4.78, 5) is 12.5. The minimum absolute atomic E-state index is 0.232. The number of hydrogen-bond acceptors (Lipinski definition) is 3. The van der Waals surface area contributed by atoms with Gasteiger partial charge in [0.1, 0.15) is 0 Å². The Balaban J connectivity index is 2.66. The average molecular weight is 330 g/mol. The quantitative estimate of drug-likeness (QED) is 0.190. The van der Waals surface area contributed by atoms with Crippen molar-refractivity contribution in [1.82, 2.24) is 5.32 Å². The summed E-state index contributed by atoms with van der Waals surface area (Å²) in [5.74, 6) is 0.426. The van der Waals surface area contributed by atoms with Crippen molar-refractivity contribution in [3.05, 3.63) is 47.9 Å². The standard InChI is InChI=1S/C20H30N2O2/c1-4-6-7-8-13-24-19(16(3)15-21)20(23)22-18-12-9-11-17(14-18)10-5-2/h4,9,12,14-15,17,21H,1,5-8,10-11,13H2,2-3H3,(H,22,23)/b19-16+,21-15?. The minimum Gasteiger partial charge on any atom is -0.488 e. The van der Waals surface area contributed by atoms with Crippen molar-refractivity contribution in [3.63, 3.8) is 0 Å². The normalized spacial score (nSPS) is 17.6. The molecule has 1 rings (SSSR count). The number of hydrogen-bond donors (Lipinski definition) is 2. The van der Waals surface area contributed by atoms with Crippen molar-refractivity contribution in [2.24, 2.45) is 5.92 Å². The number of nitrogens with one attached hydrogen (secondary N) is 2. The number of unbranched alkanes of at least 4 members (excludes halogenated alkanes) is 2. The molecule has 1 unspecified atom stereocenters. The van der Waals surface area contributed by atoms with E-state index in [-0.39, 0.29) is 11.7 Å². The predicted molar refractivity (Wildman–Crippen MR) is 99.9 cm³/mol. The largest absolute Gasteiger partial charge is 0.488 e. The summed E-state index contributed by atoms with van der Waals surface area (Å²) in [6.45, 7) is 8.04. The number of carbonyl (C=O) groups is 1. The molecule has 0 spiro atoms. The third-order valence-corrected chi connectivity index (χ3v) is 3.90. The van der Waals surface area contributed by atoms with Crippen molar-refractivity contribution in [1.29, 1.82) is 5.41 Å². The molecule has 4 heteroatoms. The summed E-state index contributed by atoms with van der Waals surface area (Å²) in [6, 6.07) is 0. The van der Waals surface area contributed by atoms with E-state index in [1.54, 1.807) is 6.92 Å². The molecule has 0 aromatic rings. The highest BCUT2D eigenvalue weighted by molar-refractivity contribution is 5.98. The van der Waals surface area contributed by atoms with E-state index in [2.05, 4.69) is 31.0 Å². The first-order chi connectivity index (χ1) is 11.6. The lowest BCUT2D eigenvalue weighted by Crippen LogP contribution is -2.27. The molecule has 0 saturated heterocycles. The maximum atomic E-state index is 12.5. The molecule has 2 N–H and O–H groups in total. The van der Waals surface area contributed by atoms with E-state index >= 15 is 0 Å². The zero-order valence-electron chi connectivity index (χ0n) is 14.9. The molecule has 1 amide bonds. The molecular formula is C20H30N2O2. The number of carbonyl (C=O) groups excluding carboxylic acids is 1. The Hall–Kier alpha value is -2.10. The Morgan fingerprint density at radius 3 is 2.96 bits per heavy atom. The second-order valence-corrected chi connectivity index (χ2v) is 6.05. The van der Waals surface area contributed by atoms with Crippen LogP contribution in [0.2, 0.25) is 0 Å². The van der Waals surface area contributed by atoms with Gasteiger partial charge in [-0.3, -0.25) is 4.79 Å². The first-order valence-electron chi connectivity index (χ1n) is 8.77. The maximum absolute atomic E-state index is 12.5. The van der Waals surface area contributed by atoms with Crippen LogP contribution in [0.25, 0.3) is 0 Å².